The lowest BCUT2D eigenvalue weighted by Gasteiger charge is -2.12. The van der Waals surface area contributed by atoms with Crippen LogP contribution in [0.2, 0.25) is 0 Å². The highest BCUT2D eigenvalue weighted by molar-refractivity contribution is 9.10. The summed E-state index contributed by atoms with van der Waals surface area (Å²) in [4.78, 5) is 28.2. The van der Waals surface area contributed by atoms with Gasteiger partial charge in [0.15, 0.2) is 16.9 Å². The first-order valence-corrected chi connectivity index (χ1v) is 8.74. The zero-order valence-corrected chi connectivity index (χ0v) is 15.3. The molecule has 1 amide bonds. The fourth-order valence-corrected chi connectivity index (χ4v) is 2.61. The summed E-state index contributed by atoms with van der Waals surface area (Å²) in [6.45, 7) is 5.65. The van der Waals surface area contributed by atoms with Gasteiger partial charge in [0.25, 0.3) is 5.91 Å². The molecule has 24 heavy (non-hydrogen) atoms. The third-order valence-electron chi connectivity index (χ3n) is 2.88. The van der Waals surface area contributed by atoms with Crippen molar-refractivity contribution in [2.75, 3.05) is 17.2 Å². The number of hydrogen-bond acceptors (Lipinski definition) is 6. The number of amides is 1. The highest BCUT2D eigenvalue weighted by Gasteiger charge is 2.21. The van der Waals surface area contributed by atoms with Crippen LogP contribution in [-0.4, -0.2) is 29.5 Å². The van der Waals surface area contributed by atoms with Gasteiger partial charge in [-0.2, -0.15) is 0 Å². The molecule has 0 aliphatic heterocycles. The van der Waals surface area contributed by atoms with Crippen LogP contribution in [0.15, 0.2) is 46.8 Å². The molecule has 1 heterocycles. The minimum absolute atomic E-state index is 0.162. The number of aromatic nitrogens is 1. The molecule has 0 aliphatic rings. The smallest absolute Gasteiger partial charge is 0.358 e. The van der Waals surface area contributed by atoms with Crippen molar-refractivity contribution in [3.05, 3.63) is 52.5 Å². The second kappa shape index (κ2) is 8.60. The molecule has 1 aromatic heterocycles. The number of halogens is 1. The lowest BCUT2D eigenvalue weighted by atomic mass is 10.3. The van der Waals surface area contributed by atoms with Gasteiger partial charge in [-0.05, 0) is 31.2 Å². The Morgan fingerprint density at radius 1 is 1.42 bits per heavy atom. The van der Waals surface area contributed by atoms with Gasteiger partial charge in [0, 0.05) is 22.1 Å². The van der Waals surface area contributed by atoms with Gasteiger partial charge in [0.05, 0.1) is 0 Å². The van der Waals surface area contributed by atoms with Crippen LogP contribution >= 0.6 is 27.3 Å². The molecule has 0 fully saturated rings. The zero-order chi connectivity index (χ0) is 17.5. The number of rotatable bonds is 7. The van der Waals surface area contributed by atoms with Crippen molar-refractivity contribution in [3.63, 3.8) is 0 Å². The molecule has 6 nitrogen and oxygen atoms in total. The lowest BCUT2D eigenvalue weighted by molar-refractivity contribution is -0.123. The Labute approximate surface area is 152 Å². The fourth-order valence-electron chi connectivity index (χ4n) is 1.66. The monoisotopic (exact) mass is 409 g/mol. The summed E-state index contributed by atoms with van der Waals surface area (Å²) >= 11 is 4.60. The second-order valence-electron chi connectivity index (χ2n) is 4.75. The second-order valence-corrected chi connectivity index (χ2v) is 6.52. The van der Waals surface area contributed by atoms with Gasteiger partial charge in [0.1, 0.15) is 0 Å². The van der Waals surface area contributed by atoms with E-state index in [1.54, 1.807) is 35.7 Å². The maximum Gasteiger partial charge on any atom is 0.358 e. The molecule has 8 heteroatoms. The fraction of sp³-hybridized carbons (Fsp3) is 0.188. The SMILES string of the molecule is C=CCNc1nc(C(=O)OC(C)C(=O)Nc2ccc(Br)cc2)cs1. The topological polar surface area (TPSA) is 80.3 Å². The maximum atomic E-state index is 12.1. The first kappa shape index (κ1) is 18.2. The standard InChI is InChI=1S/C16H16BrN3O3S/c1-3-8-18-16-20-13(9-24-16)15(22)23-10(2)14(21)19-12-6-4-11(17)5-7-12/h3-7,9-10H,1,8H2,2H3,(H,18,20)(H,19,21). The number of benzene rings is 1. The predicted octanol–water partition coefficient (Wildman–Crippen LogP) is 3.69. The Morgan fingerprint density at radius 2 is 2.12 bits per heavy atom. The summed E-state index contributed by atoms with van der Waals surface area (Å²) in [5, 5.41) is 7.83. The largest absolute Gasteiger partial charge is 0.448 e. The number of esters is 1. The Morgan fingerprint density at radius 3 is 2.79 bits per heavy atom. The van der Waals surface area contributed by atoms with Gasteiger partial charge in [0.2, 0.25) is 0 Å². The van der Waals surface area contributed by atoms with Gasteiger partial charge in [-0.3, -0.25) is 4.79 Å². The van der Waals surface area contributed by atoms with Crippen molar-refractivity contribution in [2.45, 2.75) is 13.0 Å². The summed E-state index contributed by atoms with van der Waals surface area (Å²) in [7, 11) is 0. The van der Waals surface area contributed by atoms with E-state index in [2.05, 4.69) is 38.1 Å². The average Bonchev–Trinajstić information content (AvgIpc) is 3.04. The van der Waals surface area contributed by atoms with E-state index < -0.39 is 18.0 Å². The third-order valence-corrected chi connectivity index (χ3v) is 4.20. The molecule has 0 radical (unpaired) electrons. The number of anilines is 2. The Balaban J connectivity index is 1.90. The summed E-state index contributed by atoms with van der Waals surface area (Å²) in [6, 6.07) is 7.10. The van der Waals surface area contributed by atoms with E-state index in [0.717, 1.165) is 4.47 Å². The van der Waals surface area contributed by atoms with Crippen LogP contribution in [0.3, 0.4) is 0 Å². The number of thiazole rings is 1. The van der Waals surface area contributed by atoms with E-state index in [1.807, 2.05) is 0 Å². The molecule has 1 unspecified atom stereocenters. The normalized spacial score (nSPS) is 11.4. The number of carbonyl (C=O) groups excluding carboxylic acids is 2. The van der Waals surface area contributed by atoms with E-state index in [0.29, 0.717) is 17.4 Å². The van der Waals surface area contributed by atoms with E-state index in [-0.39, 0.29) is 5.69 Å². The van der Waals surface area contributed by atoms with Crippen molar-refractivity contribution in [1.29, 1.82) is 0 Å². The van der Waals surface area contributed by atoms with Crippen molar-refractivity contribution in [2.24, 2.45) is 0 Å². The number of nitrogens with one attached hydrogen (secondary N) is 2. The minimum Gasteiger partial charge on any atom is -0.448 e. The molecule has 0 aliphatic carbocycles. The summed E-state index contributed by atoms with van der Waals surface area (Å²) in [6.07, 6.45) is 0.751. The van der Waals surface area contributed by atoms with E-state index in [9.17, 15) is 9.59 Å². The Bertz CT molecular complexity index is 730. The highest BCUT2D eigenvalue weighted by Crippen LogP contribution is 2.17. The molecule has 0 bridgehead atoms. The molecule has 1 aromatic carbocycles. The van der Waals surface area contributed by atoms with Crippen molar-refractivity contribution < 1.29 is 14.3 Å². The van der Waals surface area contributed by atoms with Crippen LogP contribution in [0.5, 0.6) is 0 Å². The van der Waals surface area contributed by atoms with Gasteiger partial charge in [-0.15, -0.1) is 17.9 Å². The van der Waals surface area contributed by atoms with Crippen molar-refractivity contribution >= 4 is 50.0 Å². The quantitative estimate of drug-likeness (QED) is 0.538. The molecule has 1 atom stereocenters. The van der Waals surface area contributed by atoms with Crippen LogP contribution in [0.25, 0.3) is 0 Å². The molecular weight excluding hydrogens is 394 g/mol. The van der Waals surface area contributed by atoms with Crippen molar-refractivity contribution in [1.82, 2.24) is 4.98 Å². The number of nitrogens with zero attached hydrogens (tertiary/aromatic N) is 1. The van der Waals surface area contributed by atoms with Gasteiger partial charge in [-0.25, -0.2) is 9.78 Å². The number of hydrogen-bond donors (Lipinski definition) is 2. The van der Waals surface area contributed by atoms with Gasteiger partial charge >= 0.3 is 5.97 Å². The number of carbonyl (C=O) groups is 2. The minimum atomic E-state index is -0.938. The highest BCUT2D eigenvalue weighted by atomic mass is 79.9. The molecule has 2 aromatic rings. The molecule has 0 saturated heterocycles. The summed E-state index contributed by atoms with van der Waals surface area (Å²) in [5.74, 6) is -1.05. The van der Waals surface area contributed by atoms with E-state index >= 15 is 0 Å². The van der Waals surface area contributed by atoms with Crippen LogP contribution in [0, 0.1) is 0 Å². The van der Waals surface area contributed by atoms with Crippen molar-refractivity contribution in [3.8, 4) is 0 Å². The number of ether oxygens (including phenoxy) is 1. The van der Waals surface area contributed by atoms with E-state index in [4.69, 9.17) is 4.74 Å². The van der Waals surface area contributed by atoms with Crippen LogP contribution in [-0.2, 0) is 9.53 Å². The van der Waals surface area contributed by atoms with Crippen LogP contribution < -0.4 is 10.6 Å². The molecule has 126 valence electrons. The van der Waals surface area contributed by atoms with Crippen LogP contribution in [0.4, 0.5) is 10.8 Å². The Kier molecular flexibility index (Phi) is 6.51. The maximum absolute atomic E-state index is 12.1. The summed E-state index contributed by atoms with van der Waals surface area (Å²) in [5.41, 5.74) is 0.783. The van der Waals surface area contributed by atoms with Gasteiger partial charge in [-0.1, -0.05) is 22.0 Å². The predicted molar refractivity (Wildman–Crippen MR) is 98.4 cm³/mol. The molecule has 2 N–H and O–H groups in total. The molecular formula is C16H16BrN3O3S. The average molecular weight is 410 g/mol. The first-order valence-electron chi connectivity index (χ1n) is 7.07. The van der Waals surface area contributed by atoms with Gasteiger partial charge < -0.3 is 15.4 Å². The zero-order valence-electron chi connectivity index (χ0n) is 12.9. The first-order chi connectivity index (χ1) is 11.5. The lowest BCUT2D eigenvalue weighted by Crippen LogP contribution is -2.30. The van der Waals surface area contributed by atoms with Crippen LogP contribution in [0.1, 0.15) is 17.4 Å². The molecule has 0 spiro atoms. The Hall–Kier alpha value is -2.19. The third kappa shape index (κ3) is 5.17. The van der Waals surface area contributed by atoms with E-state index in [1.165, 1.54) is 18.3 Å². The molecule has 0 saturated carbocycles. The summed E-state index contributed by atoms with van der Waals surface area (Å²) < 4.78 is 6.05. The molecule has 2 rings (SSSR count).